The van der Waals surface area contributed by atoms with Crippen molar-refractivity contribution >= 4 is 11.9 Å². The predicted octanol–water partition coefficient (Wildman–Crippen LogP) is 0.875. The lowest BCUT2D eigenvalue weighted by Gasteiger charge is -2.08. The van der Waals surface area contributed by atoms with E-state index in [2.05, 4.69) is 12.2 Å². The molecular weight excluding hydrogens is 208 g/mol. The van der Waals surface area contributed by atoms with Crippen LogP contribution < -0.4 is 11.1 Å². The number of unbranched alkanes of at least 4 members (excludes halogenated alkanes) is 4. The maximum Gasteiger partial charge on any atom is 0.322 e. The number of hydrogen-bond donors (Lipinski definition) is 3. The van der Waals surface area contributed by atoms with Crippen LogP contribution in [-0.4, -0.2) is 29.6 Å². The van der Waals surface area contributed by atoms with Gasteiger partial charge in [-0.3, -0.25) is 9.59 Å². The number of nitrogens with two attached hydrogens (primary N) is 1. The Morgan fingerprint density at radius 2 is 1.88 bits per heavy atom. The number of aliphatic carboxylic acids is 1. The quantitative estimate of drug-likeness (QED) is 0.512. The molecule has 1 unspecified atom stereocenters. The van der Waals surface area contributed by atoms with Crippen LogP contribution in [0.4, 0.5) is 0 Å². The second kappa shape index (κ2) is 9.15. The molecule has 4 N–H and O–H groups in total. The molecule has 1 atom stereocenters. The molecule has 0 aliphatic rings. The van der Waals surface area contributed by atoms with E-state index in [0.717, 1.165) is 19.3 Å². The fourth-order valence-electron chi connectivity index (χ4n) is 1.29. The standard InChI is InChI=1S/C11H22N2O3/c1-2-3-4-5-6-7-10(14)13-8-9(12)11(15)16/h9H,2-8,12H2,1H3,(H,13,14)(H,15,16). The largest absolute Gasteiger partial charge is 0.480 e. The zero-order chi connectivity index (χ0) is 12.4. The first kappa shape index (κ1) is 14.9. The summed E-state index contributed by atoms with van der Waals surface area (Å²) in [6, 6.07) is -1.01. The van der Waals surface area contributed by atoms with Crippen LogP contribution in [0, 0.1) is 0 Å². The van der Waals surface area contributed by atoms with Gasteiger partial charge in [-0.15, -0.1) is 0 Å². The van der Waals surface area contributed by atoms with Crippen molar-refractivity contribution in [3.8, 4) is 0 Å². The summed E-state index contributed by atoms with van der Waals surface area (Å²) in [5.41, 5.74) is 5.24. The van der Waals surface area contributed by atoms with Gasteiger partial charge in [-0.25, -0.2) is 0 Å². The smallest absolute Gasteiger partial charge is 0.322 e. The van der Waals surface area contributed by atoms with Gasteiger partial charge in [0, 0.05) is 13.0 Å². The zero-order valence-electron chi connectivity index (χ0n) is 9.87. The third kappa shape index (κ3) is 8.23. The highest BCUT2D eigenvalue weighted by molar-refractivity contribution is 5.78. The third-order valence-corrected chi connectivity index (χ3v) is 2.34. The first-order chi connectivity index (χ1) is 7.57. The third-order valence-electron chi connectivity index (χ3n) is 2.34. The topological polar surface area (TPSA) is 92.4 Å². The minimum atomic E-state index is -1.09. The highest BCUT2D eigenvalue weighted by atomic mass is 16.4. The molecule has 16 heavy (non-hydrogen) atoms. The molecule has 0 saturated heterocycles. The molecule has 0 heterocycles. The van der Waals surface area contributed by atoms with Crippen molar-refractivity contribution in [2.24, 2.45) is 5.73 Å². The van der Waals surface area contributed by atoms with Crippen LogP contribution in [0.15, 0.2) is 0 Å². The van der Waals surface area contributed by atoms with Gasteiger partial charge in [-0.05, 0) is 6.42 Å². The van der Waals surface area contributed by atoms with E-state index in [1.54, 1.807) is 0 Å². The van der Waals surface area contributed by atoms with E-state index < -0.39 is 12.0 Å². The van der Waals surface area contributed by atoms with Gasteiger partial charge in [0.15, 0.2) is 0 Å². The zero-order valence-corrected chi connectivity index (χ0v) is 9.87. The van der Waals surface area contributed by atoms with Crippen LogP contribution >= 0.6 is 0 Å². The van der Waals surface area contributed by atoms with Crippen molar-refractivity contribution in [1.82, 2.24) is 5.32 Å². The predicted molar refractivity (Wildman–Crippen MR) is 62.0 cm³/mol. The van der Waals surface area contributed by atoms with Gasteiger partial charge in [0.05, 0.1) is 0 Å². The average Bonchev–Trinajstić information content (AvgIpc) is 2.25. The van der Waals surface area contributed by atoms with E-state index in [4.69, 9.17) is 10.8 Å². The summed E-state index contributed by atoms with van der Waals surface area (Å²) in [5.74, 6) is -1.21. The van der Waals surface area contributed by atoms with Crippen molar-refractivity contribution in [2.45, 2.75) is 51.5 Å². The summed E-state index contributed by atoms with van der Waals surface area (Å²) in [7, 11) is 0. The van der Waals surface area contributed by atoms with Crippen molar-refractivity contribution in [2.75, 3.05) is 6.54 Å². The second-order valence-corrected chi connectivity index (χ2v) is 3.91. The lowest BCUT2D eigenvalue weighted by Crippen LogP contribution is -2.42. The Morgan fingerprint density at radius 1 is 1.25 bits per heavy atom. The summed E-state index contributed by atoms with van der Waals surface area (Å²) in [6.45, 7) is 2.14. The van der Waals surface area contributed by atoms with Crippen LogP contribution in [0.1, 0.15) is 45.4 Å². The Bertz CT molecular complexity index is 219. The molecule has 1 amide bonds. The summed E-state index contributed by atoms with van der Waals surface area (Å²) in [6.07, 6.45) is 5.89. The molecule has 0 aliphatic carbocycles. The molecule has 0 aliphatic heterocycles. The van der Waals surface area contributed by atoms with E-state index in [9.17, 15) is 9.59 Å². The number of carbonyl (C=O) groups is 2. The van der Waals surface area contributed by atoms with E-state index in [-0.39, 0.29) is 12.5 Å². The SMILES string of the molecule is CCCCCCCC(=O)NCC(N)C(=O)O. The molecular formula is C11H22N2O3. The number of carboxylic acids is 1. The number of carboxylic acid groups (broad SMARTS) is 1. The van der Waals surface area contributed by atoms with E-state index in [1.807, 2.05) is 0 Å². The molecule has 0 rings (SSSR count). The van der Waals surface area contributed by atoms with Crippen LogP contribution in [0.25, 0.3) is 0 Å². The van der Waals surface area contributed by atoms with Gasteiger partial charge >= 0.3 is 5.97 Å². The number of rotatable bonds is 9. The summed E-state index contributed by atoms with van der Waals surface area (Å²) < 4.78 is 0. The van der Waals surface area contributed by atoms with Crippen molar-refractivity contribution < 1.29 is 14.7 Å². The highest BCUT2D eigenvalue weighted by Gasteiger charge is 2.11. The van der Waals surface area contributed by atoms with Gasteiger partial charge in [-0.1, -0.05) is 32.6 Å². The Kier molecular flexibility index (Phi) is 8.52. The molecule has 0 aromatic heterocycles. The maximum atomic E-state index is 11.2. The molecule has 94 valence electrons. The molecule has 0 spiro atoms. The Hall–Kier alpha value is -1.10. The normalized spacial score (nSPS) is 12.1. The van der Waals surface area contributed by atoms with Gasteiger partial charge < -0.3 is 16.2 Å². The molecule has 5 heteroatoms. The minimum Gasteiger partial charge on any atom is -0.480 e. The monoisotopic (exact) mass is 230 g/mol. The Labute approximate surface area is 96.4 Å². The van der Waals surface area contributed by atoms with E-state index in [1.165, 1.54) is 12.8 Å². The summed E-state index contributed by atoms with van der Waals surface area (Å²) in [5, 5.41) is 11.0. The highest BCUT2D eigenvalue weighted by Crippen LogP contribution is 2.04. The van der Waals surface area contributed by atoms with Crippen LogP contribution in [0.3, 0.4) is 0 Å². The van der Waals surface area contributed by atoms with Crippen molar-refractivity contribution in [3.05, 3.63) is 0 Å². The maximum absolute atomic E-state index is 11.2. The molecule has 0 aromatic carbocycles. The second-order valence-electron chi connectivity index (χ2n) is 3.91. The van der Waals surface area contributed by atoms with Gasteiger partial charge in [0.25, 0.3) is 0 Å². The van der Waals surface area contributed by atoms with Gasteiger partial charge in [0.1, 0.15) is 6.04 Å². The average molecular weight is 230 g/mol. The first-order valence-electron chi connectivity index (χ1n) is 5.83. The number of carbonyl (C=O) groups excluding carboxylic acids is 1. The fraction of sp³-hybridized carbons (Fsp3) is 0.818. The summed E-state index contributed by atoms with van der Waals surface area (Å²) >= 11 is 0. The number of hydrogen-bond acceptors (Lipinski definition) is 3. The molecule has 0 fully saturated rings. The lowest BCUT2D eigenvalue weighted by atomic mass is 10.1. The summed E-state index contributed by atoms with van der Waals surface area (Å²) in [4.78, 5) is 21.6. The Morgan fingerprint density at radius 3 is 2.44 bits per heavy atom. The van der Waals surface area contributed by atoms with Crippen molar-refractivity contribution in [1.29, 1.82) is 0 Å². The number of amides is 1. The van der Waals surface area contributed by atoms with Crippen molar-refractivity contribution in [3.63, 3.8) is 0 Å². The van der Waals surface area contributed by atoms with E-state index in [0.29, 0.717) is 6.42 Å². The van der Waals surface area contributed by atoms with E-state index >= 15 is 0 Å². The fourth-order valence-corrected chi connectivity index (χ4v) is 1.29. The van der Waals surface area contributed by atoms with Gasteiger partial charge in [0.2, 0.25) is 5.91 Å². The van der Waals surface area contributed by atoms with Crippen LogP contribution in [0.5, 0.6) is 0 Å². The van der Waals surface area contributed by atoms with Gasteiger partial charge in [-0.2, -0.15) is 0 Å². The minimum absolute atomic E-state index is 0.00310. The van der Waals surface area contributed by atoms with Crippen LogP contribution in [-0.2, 0) is 9.59 Å². The molecule has 0 saturated carbocycles. The molecule has 5 nitrogen and oxygen atoms in total. The van der Waals surface area contributed by atoms with Crippen LogP contribution in [0.2, 0.25) is 0 Å². The molecule has 0 bridgehead atoms. The molecule has 0 radical (unpaired) electrons. The molecule has 0 aromatic rings. The Balaban J connectivity index is 3.41. The number of nitrogens with one attached hydrogen (secondary N) is 1. The lowest BCUT2D eigenvalue weighted by molar-refractivity contribution is -0.138. The first-order valence-corrected chi connectivity index (χ1v) is 5.83.